The van der Waals surface area contributed by atoms with E-state index in [4.69, 9.17) is 15.6 Å². The Morgan fingerprint density at radius 2 is 1.93 bits per heavy atom. The fourth-order valence-electron chi connectivity index (χ4n) is 4.24. The van der Waals surface area contributed by atoms with E-state index in [9.17, 15) is 9.59 Å². The van der Waals surface area contributed by atoms with Crippen molar-refractivity contribution in [2.24, 2.45) is 17.6 Å². The second kappa shape index (κ2) is 9.41. The van der Waals surface area contributed by atoms with Gasteiger partial charge in [0, 0.05) is 13.1 Å². The van der Waals surface area contributed by atoms with Gasteiger partial charge in [0.15, 0.2) is 0 Å². The number of nitrogens with zero attached hydrogens (tertiary/aromatic N) is 1. The molecule has 154 valence electrons. The van der Waals surface area contributed by atoms with Crippen LogP contribution in [0.3, 0.4) is 0 Å². The van der Waals surface area contributed by atoms with Gasteiger partial charge in [-0.1, -0.05) is 12.1 Å². The Balaban J connectivity index is 1.42. The Morgan fingerprint density at radius 3 is 2.54 bits per heavy atom. The molecule has 0 aromatic heterocycles. The lowest BCUT2D eigenvalue weighted by Crippen LogP contribution is -2.52. The third-order valence-corrected chi connectivity index (χ3v) is 6.39. The molecule has 1 aromatic carbocycles. The zero-order chi connectivity index (χ0) is 20.1. The maximum Gasteiger partial charge on any atom is 0.307 e. The second-order valence-corrected chi connectivity index (χ2v) is 8.37. The van der Waals surface area contributed by atoms with Crippen molar-refractivity contribution in [3.63, 3.8) is 0 Å². The minimum absolute atomic E-state index is 0.00350. The van der Waals surface area contributed by atoms with Crippen molar-refractivity contribution < 1.29 is 19.4 Å². The van der Waals surface area contributed by atoms with Crippen LogP contribution in [-0.2, 0) is 16.0 Å². The van der Waals surface area contributed by atoms with Gasteiger partial charge < -0.3 is 20.5 Å². The molecule has 0 radical (unpaired) electrons. The van der Waals surface area contributed by atoms with E-state index in [1.807, 2.05) is 24.1 Å². The lowest BCUT2D eigenvalue weighted by molar-refractivity contribution is -0.137. The number of benzene rings is 1. The summed E-state index contributed by atoms with van der Waals surface area (Å²) in [6.45, 7) is 0.619. The van der Waals surface area contributed by atoms with Gasteiger partial charge in [-0.3, -0.25) is 9.59 Å². The number of hydrogen-bond donors (Lipinski definition) is 2. The van der Waals surface area contributed by atoms with E-state index in [0.717, 1.165) is 49.8 Å². The third-order valence-electron chi connectivity index (χ3n) is 6.39. The molecule has 3 N–H and O–H groups in total. The van der Waals surface area contributed by atoms with Gasteiger partial charge >= 0.3 is 5.97 Å². The summed E-state index contributed by atoms with van der Waals surface area (Å²) in [6, 6.07) is 7.28. The van der Waals surface area contributed by atoms with E-state index in [-0.39, 0.29) is 24.3 Å². The van der Waals surface area contributed by atoms with Crippen LogP contribution < -0.4 is 10.5 Å². The number of nitrogens with two attached hydrogens (primary N) is 1. The predicted octanol–water partition coefficient (Wildman–Crippen LogP) is 2.84. The fraction of sp³-hybridized carbons (Fsp3) is 0.636. The predicted molar refractivity (Wildman–Crippen MR) is 107 cm³/mol. The van der Waals surface area contributed by atoms with Crippen LogP contribution in [-0.4, -0.2) is 47.6 Å². The third kappa shape index (κ3) is 5.25. The molecule has 1 amide bonds. The molecule has 0 unspecified atom stereocenters. The first kappa shape index (κ1) is 20.6. The average molecular weight is 389 g/mol. The van der Waals surface area contributed by atoms with E-state index in [1.165, 1.54) is 6.42 Å². The molecule has 28 heavy (non-hydrogen) atoms. The molecule has 0 spiro atoms. The molecular weight excluding hydrogens is 356 g/mol. The van der Waals surface area contributed by atoms with Crippen molar-refractivity contribution >= 4 is 11.9 Å². The topological polar surface area (TPSA) is 92.9 Å². The molecular formula is C22H32N2O4. The molecule has 0 saturated heterocycles. The largest absolute Gasteiger partial charge is 0.493 e. The van der Waals surface area contributed by atoms with Gasteiger partial charge in [-0.15, -0.1) is 0 Å². The Hall–Kier alpha value is -2.08. The number of carbonyl (C=O) groups is 2. The minimum Gasteiger partial charge on any atom is -0.493 e. The zero-order valence-electron chi connectivity index (χ0n) is 16.7. The zero-order valence-corrected chi connectivity index (χ0v) is 16.7. The van der Waals surface area contributed by atoms with Crippen LogP contribution in [0.15, 0.2) is 24.3 Å². The number of likely N-dealkylation sites (N-methyl/N-ethyl adjacent to an activating group) is 1. The Kier molecular flexibility index (Phi) is 6.94. The van der Waals surface area contributed by atoms with Crippen molar-refractivity contribution in [1.29, 1.82) is 0 Å². The van der Waals surface area contributed by atoms with Gasteiger partial charge in [0.1, 0.15) is 5.75 Å². The first-order chi connectivity index (χ1) is 13.4. The summed E-state index contributed by atoms with van der Waals surface area (Å²) < 4.78 is 5.90. The second-order valence-electron chi connectivity index (χ2n) is 8.37. The monoisotopic (exact) mass is 388 g/mol. The highest BCUT2D eigenvalue weighted by atomic mass is 16.5. The first-order valence-corrected chi connectivity index (χ1v) is 10.4. The van der Waals surface area contributed by atoms with Crippen molar-refractivity contribution in [1.82, 2.24) is 4.90 Å². The molecule has 2 saturated carbocycles. The van der Waals surface area contributed by atoms with Crippen molar-refractivity contribution in [2.45, 2.75) is 63.5 Å². The number of amides is 1. The van der Waals surface area contributed by atoms with Crippen molar-refractivity contribution in [2.75, 3.05) is 13.7 Å². The summed E-state index contributed by atoms with van der Waals surface area (Å²) in [6.07, 6.45) is 7.35. The standard InChI is InChI=1S/C22H32N2O4/c1-24(18-5-3-6-18)22(27)21(23)17-10-8-15(9-11-17)14-28-19-7-2-4-16(12-19)13-20(25)26/h2,4,7,12,15,17-18,21H,3,5-6,8-11,13-14,23H2,1H3,(H,25,26)/t15?,17?,21-/m0/s1. The van der Waals surface area contributed by atoms with Gasteiger partial charge in [-0.2, -0.15) is 0 Å². The first-order valence-electron chi connectivity index (χ1n) is 10.4. The van der Waals surface area contributed by atoms with Gasteiger partial charge in [0.2, 0.25) is 5.91 Å². The summed E-state index contributed by atoms with van der Waals surface area (Å²) >= 11 is 0. The highest BCUT2D eigenvalue weighted by Crippen LogP contribution is 2.32. The highest BCUT2D eigenvalue weighted by molar-refractivity contribution is 5.82. The molecule has 1 aromatic rings. The summed E-state index contributed by atoms with van der Waals surface area (Å²) in [4.78, 5) is 25.3. The maximum atomic E-state index is 12.6. The number of rotatable bonds is 8. The number of aliphatic carboxylic acids is 1. The van der Waals surface area contributed by atoms with E-state index in [2.05, 4.69) is 0 Å². The van der Waals surface area contributed by atoms with Crippen molar-refractivity contribution in [3.8, 4) is 5.75 Å². The molecule has 0 bridgehead atoms. The van der Waals surface area contributed by atoms with Crippen LogP contribution in [0.4, 0.5) is 0 Å². The van der Waals surface area contributed by atoms with Gasteiger partial charge in [0.25, 0.3) is 0 Å². The molecule has 0 heterocycles. The molecule has 2 aliphatic rings. The fourth-order valence-corrected chi connectivity index (χ4v) is 4.24. The number of carboxylic acid groups (broad SMARTS) is 1. The molecule has 6 nitrogen and oxygen atoms in total. The van der Waals surface area contributed by atoms with E-state index in [1.54, 1.807) is 12.1 Å². The van der Waals surface area contributed by atoms with Crippen LogP contribution in [0.5, 0.6) is 5.75 Å². The van der Waals surface area contributed by atoms with Crippen molar-refractivity contribution in [3.05, 3.63) is 29.8 Å². The Bertz CT molecular complexity index is 681. The summed E-state index contributed by atoms with van der Waals surface area (Å²) in [5.74, 6) is 0.676. The SMILES string of the molecule is CN(C(=O)[C@@H](N)C1CCC(COc2cccc(CC(=O)O)c2)CC1)C1CCC1. The van der Waals surface area contributed by atoms with Crippen LogP contribution in [0.2, 0.25) is 0 Å². The van der Waals surface area contributed by atoms with E-state index >= 15 is 0 Å². The number of carbonyl (C=O) groups excluding carboxylic acids is 1. The molecule has 2 aliphatic carbocycles. The highest BCUT2D eigenvalue weighted by Gasteiger charge is 2.34. The van der Waals surface area contributed by atoms with E-state index < -0.39 is 5.97 Å². The maximum absolute atomic E-state index is 12.6. The van der Waals surface area contributed by atoms with Crippen LogP contribution in [0.1, 0.15) is 50.5 Å². The summed E-state index contributed by atoms with van der Waals surface area (Å²) in [5, 5.41) is 8.90. The Labute approximate surface area is 167 Å². The molecule has 1 atom stereocenters. The minimum atomic E-state index is -0.843. The van der Waals surface area contributed by atoms with Crippen LogP contribution in [0, 0.1) is 11.8 Å². The van der Waals surface area contributed by atoms with Crippen LogP contribution in [0.25, 0.3) is 0 Å². The quantitative estimate of drug-likeness (QED) is 0.714. The van der Waals surface area contributed by atoms with Crippen LogP contribution >= 0.6 is 0 Å². The number of hydrogen-bond acceptors (Lipinski definition) is 4. The average Bonchev–Trinajstić information content (AvgIpc) is 2.64. The number of ether oxygens (including phenoxy) is 1. The summed E-state index contributed by atoms with van der Waals surface area (Å²) in [5.41, 5.74) is 7.05. The molecule has 3 rings (SSSR count). The lowest BCUT2D eigenvalue weighted by atomic mass is 9.78. The lowest BCUT2D eigenvalue weighted by Gasteiger charge is -2.38. The van der Waals surface area contributed by atoms with E-state index in [0.29, 0.717) is 18.6 Å². The van der Waals surface area contributed by atoms with Gasteiger partial charge in [0.05, 0.1) is 19.1 Å². The summed E-state index contributed by atoms with van der Waals surface area (Å²) in [7, 11) is 1.89. The molecule has 2 fully saturated rings. The normalized spacial score (nSPS) is 23.5. The smallest absolute Gasteiger partial charge is 0.307 e. The number of carboxylic acids is 1. The van der Waals surface area contributed by atoms with Gasteiger partial charge in [-0.25, -0.2) is 0 Å². The molecule has 0 aliphatic heterocycles. The Morgan fingerprint density at radius 1 is 1.21 bits per heavy atom. The van der Waals surface area contributed by atoms with Gasteiger partial charge in [-0.05, 0) is 74.5 Å². The molecule has 6 heteroatoms.